The van der Waals surface area contributed by atoms with Crippen molar-refractivity contribution in [1.82, 2.24) is 4.90 Å². The summed E-state index contributed by atoms with van der Waals surface area (Å²) in [6.07, 6.45) is 2.38. The van der Waals surface area contributed by atoms with Gasteiger partial charge in [0.25, 0.3) is 0 Å². The number of alkyl halides is 4. The van der Waals surface area contributed by atoms with Crippen LogP contribution in [0.1, 0.15) is 49.1 Å². The van der Waals surface area contributed by atoms with Crippen LogP contribution in [-0.4, -0.2) is 46.0 Å². The molecule has 0 amide bonds. The lowest BCUT2D eigenvalue weighted by atomic mass is 9.83. The zero-order valence-corrected chi connectivity index (χ0v) is 21.2. The Morgan fingerprint density at radius 2 is 1.76 bits per heavy atom. The molecule has 2 aromatic carbocycles. The fourth-order valence-electron chi connectivity index (χ4n) is 4.28. The second-order valence-electron chi connectivity index (χ2n) is 9.23. The minimum absolute atomic E-state index is 0.0454. The van der Waals surface area contributed by atoms with Gasteiger partial charge in [-0.05, 0) is 74.2 Å². The first-order valence-electron chi connectivity index (χ1n) is 11.1. The first-order chi connectivity index (χ1) is 17.1. The molecule has 0 bridgehead atoms. The Labute approximate surface area is 212 Å². The lowest BCUT2D eigenvalue weighted by Gasteiger charge is -2.44. The highest BCUT2D eigenvalue weighted by Gasteiger charge is 2.41. The number of hydrogen-bond acceptors (Lipinski definition) is 5. The van der Waals surface area contributed by atoms with Gasteiger partial charge in [-0.15, -0.1) is 0 Å². The average Bonchev–Trinajstić information content (AvgIpc) is 2.77. The van der Waals surface area contributed by atoms with Gasteiger partial charge >= 0.3 is 22.6 Å². The zero-order valence-electron chi connectivity index (χ0n) is 20.4. The predicted molar refractivity (Wildman–Crippen MR) is 126 cm³/mol. The van der Waals surface area contributed by atoms with Crippen LogP contribution in [0.4, 0.5) is 26.3 Å². The van der Waals surface area contributed by atoms with Crippen molar-refractivity contribution < 1.29 is 44.3 Å². The lowest BCUT2D eigenvalue weighted by Crippen LogP contribution is -2.48. The van der Waals surface area contributed by atoms with Crippen LogP contribution in [0.3, 0.4) is 0 Å². The Balaban J connectivity index is 2.12. The third kappa shape index (κ3) is 6.92. The highest BCUT2D eigenvalue weighted by atomic mass is 32.2. The summed E-state index contributed by atoms with van der Waals surface area (Å²) >= 11 is -3.60. The first kappa shape index (κ1) is 28.7. The van der Waals surface area contributed by atoms with Crippen LogP contribution in [0.15, 0.2) is 36.4 Å². The number of nitrogens with zero attached hydrogens (tertiary/aromatic N) is 1. The van der Waals surface area contributed by atoms with E-state index in [0.717, 1.165) is 31.4 Å². The molecule has 1 aliphatic rings. The molecule has 12 heteroatoms. The van der Waals surface area contributed by atoms with E-state index in [1.807, 2.05) is 0 Å². The van der Waals surface area contributed by atoms with Crippen molar-refractivity contribution in [3.8, 4) is 5.75 Å². The van der Waals surface area contributed by atoms with Gasteiger partial charge in [-0.3, -0.25) is 4.90 Å². The average molecular weight is 550 g/mol. The topological polar surface area (TPSA) is 55.8 Å². The molecule has 0 fully saturated rings. The van der Waals surface area contributed by atoms with Gasteiger partial charge < -0.3 is 8.92 Å². The van der Waals surface area contributed by atoms with Crippen molar-refractivity contribution in [2.24, 2.45) is 0 Å². The van der Waals surface area contributed by atoms with E-state index in [1.54, 1.807) is 11.8 Å². The summed E-state index contributed by atoms with van der Waals surface area (Å²) in [5.74, 6) is -2.98. The predicted octanol–water partition coefficient (Wildman–Crippen LogP) is 5.80. The van der Waals surface area contributed by atoms with Gasteiger partial charge in [0.15, 0.2) is 0 Å². The van der Waals surface area contributed by atoms with Crippen LogP contribution >= 0.6 is 0 Å². The number of carbonyl (C=O) groups excluding carboxylic acids is 1. The van der Waals surface area contributed by atoms with Crippen molar-refractivity contribution in [1.29, 1.82) is 0 Å². The Morgan fingerprint density at radius 1 is 1.14 bits per heavy atom. The third-order valence-corrected chi connectivity index (χ3v) is 6.45. The largest absolute Gasteiger partial charge is 0.508 e. The smallest absolute Gasteiger partial charge is 0.466 e. The molecule has 0 aromatic heterocycles. The second kappa shape index (κ2) is 10.9. The Hall–Kier alpha value is -2.86. The van der Waals surface area contributed by atoms with E-state index in [0.29, 0.717) is 11.1 Å². The number of esters is 1. The number of benzene rings is 2. The Morgan fingerprint density at radius 3 is 2.30 bits per heavy atom. The van der Waals surface area contributed by atoms with E-state index in [4.69, 9.17) is 0 Å². The monoisotopic (exact) mass is 549 g/mol. The maximum atomic E-state index is 15.4. The summed E-state index contributed by atoms with van der Waals surface area (Å²) in [5.41, 5.74) is -6.43. The minimum atomic E-state index is -5.09. The number of rotatable bonds is 7. The summed E-state index contributed by atoms with van der Waals surface area (Å²) in [7, 11) is 1.15. The molecular formula is C25H25F6NO4S. The molecule has 0 saturated heterocycles. The fourth-order valence-corrected chi connectivity index (χ4v) is 4.65. The highest BCUT2D eigenvalue weighted by molar-refractivity contribution is 7.81. The van der Waals surface area contributed by atoms with Crippen molar-refractivity contribution in [2.75, 3.05) is 13.7 Å². The van der Waals surface area contributed by atoms with Crippen molar-refractivity contribution in [3.63, 3.8) is 0 Å². The summed E-state index contributed by atoms with van der Waals surface area (Å²) in [6.45, 7) is 4.15. The van der Waals surface area contributed by atoms with E-state index < -0.39 is 51.9 Å². The van der Waals surface area contributed by atoms with Crippen LogP contribution in [0.2, 0.25) is 0 Å². The Bertz CT molecular complexity index is 1200. The van der Waals surface area contributed by atoms with Gasteiger partial charge in [0.1, 0.15) is 23.1 Å². The standard InChI is InChI=1S/C25H25F6NO4S/c1-14-9-16-12-17(36-37(34)25(29,30)31)6-7-18(16)23(32(14)13-24(2,3)28)22-19(26)10-15(11-20(22)27)5-8-21(33)35-4/h5-8,10-12,14,23H,9,13H2,1-4H3/b8-5+. The van der Waals surface area contributed by atoms with Gasteiger partial charge in [0, 0.05) is 24.2 Å². The van der Waals surface area contributed by atoms with Crippen molar-refractivity contribution >= 4 is 23.1 Å². The van der Waals surface area contributed by atoms with E-state index in [2.05, 4.69) is 8.92 Å². The lowest BCUT2D eigenvalue weighted by molar-refractivity contribution is -0.134. The molecule has 1 aliphatic heterocycles. The minimum Gasteiger partial charge on any atom is -0.466 e. The normalized spacial score (nSPS) is 19.5. The molecule has 3 unspecified atom stereocenters. The van der Waals surface area contributed by atoms with E-state index >= 15 is 8.78 Å². The maximum Gasteiger partial charge on any atom is 0.508 e. The maximum absolute atomic E-state index is 15.4. The van der Waals surface area contributed by atoms with Crippen LogP contribution < -0.4 is 4.18 Å². The Kier molecular flexibility index (Phi) is 8.43. The van der Waals surface area contributed by atoms with Gasteiger partial charge in [0.2, 0.25) is 0 Å². The van der Waals surface area contributed by atoms with Crippen LogP contribution in [0.25, 0.3) is 6.08 Å². The molecular weight excluding hydrogens is 524 g/mol. The van der Waals surface area contributed by atoms with E-state index in [1.165, 1.54) is 32.1 Å². The molecule has 37 heavy (non-hydrogen) atoms. The van der Waals surface area contributed by atoms with Crippen LogP contribution in [0, 0.1) is 11.6 Å². The van der Waals surface area contributed by atoms with Gasteiger partial charge in [-0.1, -0.05) is 6.07 Å². The van der Waals surface area contributed by atoms with Crippen LogP contribution in [0.5, 0.6) is 5.75 Å². The fraction of sp³-hybridized carbons (Fsp3) is 0.400. The number of halogens is 6. The molecule has 3 atom stereocenters. The highest BCUT2D eigenvalue weighted by Crippen LogP contribution is 2.42. The van der Waals surface area contributed by atoms with Gasteiger partial charge in [-0.25, -0.2) is 22.2 Å². The molecule has 0 aliphatic carbocycles. The van der Waals surface area contributed by atoms with Crippen molar-refractivity contribution in [2.45, 2.75) is 50.5 Å². The number of carbonyl (C=O) groups is 1. The molecule has 3 rings (SSSR count). The van der Waals surface area contributed by atoms with E-state index in [9.17, 15) is 26.6 Å². The number of fused-ring (bicyclic) bond motifs is 1. The number of hydrogen-bond donors (Lipinski definition) is 0. The summed E-state index contributed by atoms with van der Waals surface area (Å²) < 4.78 is 104. The first-order valence-corrected chi connectivity index (χ1v) is 12.2. The quantitative estimate of drug-likeness (QED) is 0.248. The zero-order chi connectivity index (χ0) is 27.7. The molecule has 0 spiro atoms. The second-order valence-corrected chi connectivity index (χ2v) is 10.3. The molecule has 5 nitrogen and oxygen atoms in total. The van der Waals surface area contributed by atoms with E-state index in [-0.39, 0.29) is 29.8 Å². The number of ether oxygens (including phenoxy) is 1. The van der Waals surface area contributed by atoms with Crippen LogP contribution in [-0.2, 0) is 27.0 Å². The molecule has 202 valence electrons. The summed E-state index contributed by atoms with van der Waals surface area (Å²) in [4.78, 5) is 12.9. The van der Waals surface area contributed by atoms with Gasteiger partial charge in [0.05, 0.1) is 13.2 Å². The molecule has 0 radical (unpaired) electrons. The molecule has 0 saturated carbocycles. The summed E-state index contributed by atoms with van der Waals surface area (Å²) in [6, 6.07) is 4.11. The molecule has 1 heterocycles. The number of methoxy groups -OCH3 is 1. The van der Waals surface area contributed by atoms with Crippen molar-refractivity contribution in [3.05, 3.63) is 70.3 Å². The molecule has 2 aromatic rings. The molecule has 0 N–H and O–H groups in total. The SMILES string of the molecule is COC(=O)/C=C/c1cc(F)c(C2c3ccc(OS(=O)C(F)(F)F)cc3CC(C)N2CC(C)(C)F)c(F)c1. The third-order valence-electron chi connectivity index (χ3n) is 5.73. The van der Waals surface area contributed by atoms with Gasteiger partial charge in [-0.2, -0.15) is 13.2 Å². The summed E-state index contributed by atoms with van der Waals surface area (Å²) in [5, 5.41) is 0.